The molecule has 0 spiro atoms. The van der Waals surface area contributed by atoms with Crippen LogP contribution in [0.15, 0.2) is 66.7 Å². The average Bonchev–Trinajstić information content (AvgIpc) is 3.08. The number of rotatable bonds is 14. The van der Waals surface area contributed by atoms with Crippen molar-refractivity contribution in [1.29, 1.82) is 0 Å². The first-order valence-corrected chi connectivity index (χ1v) is 16.3. The average molecular weight is 695 g/mol. The highest BCUT2D eigenvalue weighted by Crippen LogP contribution is 2.29. The van der Waals surface area contributed by atoms with E-state index in [0.717, 1.165) is 25.2 Å². The number of carbonyl (C=O) groups is 1. The summed E-state index contributed by atoms with van der Waals surface area (Å²) >= 11 is 0. The van der Waals surface area contributed by atoms with Crippen LogP contribution in [0.25, 0.3) is 0 Å². The van der Waals surface area contributed by atoms with Crippen LogP contribution in [0.5, 0.6) is 17.5 Å². The zero-order chi connectivity index (χ0) is 35.9. The molecule has 266 valence electrons. The Morgan fingerprint density at radius 1 is 0.840 bits per heavy atom. The molecule has 0 aliphatic carbocycles. The van der Waals surface area contributed by atoms with E-state index in [1.165, 1.54) is 42.8 Å². The minimum atomic E-state index is -4.41. The van der Waals surface area contributed by atoms with Crippen LogP contribution in [0.2, 0.25) is 0 Å². The monoisotopic (exact) mass is 694 g/mol. The second-order valence-corrected chi connectivity index (χ2v) is 12.5. The Kier molecular flexibility index (Phi) is 11.2. The SMILES string of the molecule is Cc1ccc(C)c(N2CCN(c3nc(NCc4ccc(C(F)(F)F)cc4)nc(OCCCOc4ccc(OC(C)(C)C(=O)O)cc4)n3)CC2)c1. The Hall–Kier alpha value is -5.27. The van der Waals surface area contributed by atoms with Crippen LogP contribution in [0, 0.1) is 13.8 Å². The lowest BCUT2D eigenvalue weighted by Crippen LogP contribution is -2.47. The molecule has 0 bridgehead atoms. The number of carboxylic acid groups (broad SMARTS) is 1. The Bertz CT molecular complexity index is 1750. The van der Waals surface area contributed by atoms with Gasteiger partial charge in [0.15, 0.2) is 5.60 Å². The summed E-state index contributed by atoms with van der Waals surface area (Å²) in [7, 11) is 0. The molecule has 0 saturated carbocycles. The van der Waals surface area contributed by atoms with Gasteiger partial charge in [-0.2, -0.15) is 28.1 Å². The number of nitrogens with one attached hydrogen (secondary N) is 1. The van der Waals surface area contributed by atoms with Crippen molar-refractivity contribution in [2.24, 2.45) is 0 Å². The minimum absolute atomic E-state index is 0.115. The molecular weight excluding hydrogens is 653 g/mol. The fourth-order valence-corrected chi connectivity index (χ4v) is 5.19. The smallest absolute Gasteiger partial charge is 0.416 e. The first-order valence-electron chi connectivity index (χ1n) is 16.3. The highest BCUT2D eigenvalue weighted by atomic mass is 19.4. The summed E-state index contributed by atoms with van der Waals surface area (Å²) in [4.78, 5) is 29.4. The topological polar surface area (TPSA) is 122 Å². The third kappa shape index (κ3) is 9.67. The van der Waals surface area contributed by atoms with Crippen LogP contribution in [0.1, 0.15) is 42.5 Å². The van der Waals surface area contributed by atoms with Gasteiger partial charge in [0.2, 0.25) is 11.9 Å². The van der Waals surface area contributed by atoms with Gasteiger partial charge in [0.25, 0.3) is 0 Å². The molecule has 1 fully saturated rings. The van der Waals surface area contributed by atoms with Crippen molar-refractivity contribution in [3.05, 3.63) is 89.0 Å². The number of benzene rings is 3. The van der Waals surface area contributed by atoms with Crippen LogP contribution in [-0.4, -0.2) is 71.0 Å². The molecule has 1 aromatic heterocycles. The van der Waals surface area contributed by atoms with E-state index in [9.17, 15) is 23.1 Å². The largest absolute Gasteiger partial charge is 0.493 e. The van der Waals surface area contributed by atoms with E-state index in [4.69, 9.17) is 14.2 Å². The van der Waals surface area contributed by atoms with Gasteiger partial charge in [-0.1, -0.05) is 24.3 Å². The Balaban J connectivity index is 1.20. The summed E-state index contributed by atoms with van der Waals surface area (Å²) in [6.45, 7) is 10.8. The van der Waals surface area contributed by atoms with Crippen molar-refractivity contribution < 1.29 is 37.3 Å². The van der Waals surface area contributed by atoms with Gasteiger partial charge in [0.05, 0.1) is 18.8 Å². The van der Waals surface area contributed by atoms with E-state index in [0.29, 0.717) is 49.1 Å². The van der Waals surface area contributed by atoms with Crippen LogP contribution in [0.4, 0.5) is 30.8 Å². The van der Waals surface area contributed by atoms with Gasteiger partial charge in [-0.25, -0.2) is 4.79 Å². The summed E-state index contributed by atoms with van der Waals surface area (Å²) in [5.74, 6) is 0.610. The molecule has 2 heterocycles. The molecule has 1 saturated heterocycles. The van der Waals surface area contributed by atoms with Gasteiger partial charge < -0.3 is 34.4 Å². The van der Waals surface area contributed by atoms with Crippen molar-refractivity contribution in [3.63, 3.8) is 0 Å². The van der Waals surface area contributed by atoms with Crippen LogP contribution < -0.4 is 29.3 Å². The maximum absolute atomic E-state index is 13.0. The molecule has 3 aromatic carbocycles. The molecule has 1 aliphatic heterocycles. The first-order chi connectivity index (χ1) is 23.8. The number of nitrogens with zero attached hydrogens (tertiary/aromatic N) is 5. The fourth-order valence-electron chi connectivity index (χ4n) is 5.19. The molecule has 0 unspecified atom stereocenters. The molecule has 0 atom stereocenters. The quantitative estimate of drug-likeness (QED) is 0.140. The summed E-state index contributed by atoms with van der Waals surface area (Å²) in [6.07, 6.45) is -3.90. The summed E-state index contributed by atoms with van der Waals surface area (Å²) in [5, 5.41) is 12.4. The van der Waals surface area contributed by atoms with Gasteiger partial charge in [-0.3, -0.25) is 0 Å². The molecule has 0 amide bonds. The van der Waals surface area contributed by atoms with Crippen LogP contribution >= 0.6 is 0 Å². The first kappa shape index (κ1) is 36.0. The number of aromatic nitrogens is 3. The van der Waals surface area contributed by atoms with Gasteiger partial charge in [-0.05, 0) is 86.8 Å². The van der Waals surface area contributed by atoms with Crippen molar-refractivity contribution in [1.82, 2.24) is 15.0 Å². The molecule has 11 nitrogen and oxygen atoms in total. The Morgan fingerprint density at radius 2 is 1.48 bits per heavy atom. The maximum atomic E-state index is 13.0. The standard InChI is InChI=1S/C36H41F3N6O5/c1-24-6-7-25(2)30(22-24)44-16-18-45(19-17-44)33-41-32(40-23-26-8-10-27(11-9-26)36(37,38)39)42-34(43-33)49-21-5-20-48-28-12-14-29(15-13-28)50-35(3,4)31(46)47/h6-15,22H,5,16-21,23H2,1-4H3,(H,46,47)(H,40,41,42,43). The molecule has 2 N–H and O–H groups in total. The van der Waals surface area contributed by atoms with Crippen molar-refractivity contribution >= 4 is 23.6 Å². The number of aliphatic carboxylic acids is 1. The summed E-state index contributed by atoms with van der Waals surface area (Å²) in [6, 6.07) is 18.1. The van der Waals surface area contributed by atoms with E-state index < -0.39 is 23.3 Å². The number of hydrogen-bond acceptors (Lipinski definition) is 10. The molecule has 0 radical (unpaired) electrons. The number of alkyl halides is 3. The molecule has 4 aromatic rings. The third-order valence-electron chi connectivity index (χ3n) is 8.10. The summed E-state index contributed by atoms with van der Waals surface area (Å²) in [5.41, 5.74) is 2.18. The number of piperazine rings is 1. The number of aryl methyl sites for hydroxylation is 2. The van der Waals surface area contributed by atoms with Crippen molar-refractivity contribution in [2.75, 3.05) is 54.5 Å². The normalized spacial score (nSPS) is 13.6. The lowest BCUT2D eigenvalue weighted by atomic mass is 10.1. The van der Waals surface area contributed by atoms with Gasteiger partial charge >= 0.3 is 18.2 Å². The number of ether oxygens (including phenoxy) is 3. The second kappa shape index (κ2) is 15.5. The number of hydrogen-bond donors (Lipinski definition) is 2. The summed E-state index contributed by atoms with van der Waals surface area (Å²) < 4.78 is 56.3. The zero-order valence-corrected chi connectivity index (χ0v) is 28.5. The van der Waals surface area contributed by atoms with E-state index in [2.05, 4.69) is 62.1 Å². The third-order valence-corrected chi connectivity index (χ3v) is 8.10. The van der Waals surface area contributed by atoms with E-state index >= 15 is 0 Å². The van der Waals surface area contributed by atoms with E-state index in [-0.39, 0.29) is 25.1 Å². The molecule has 50 heavy (non-hydrogen) atoms. The minimum Gasteiger partial charge on any atom is -0.493 e. The number of anilines is 3. The second-order valence-electron chi connectivity index (χ2n) is 12.5. The van der Waals surface area contributed by atoms with E-state index in [1.807, 2.05) is 0 Å². The molecular formula is C36H41F3N6O5. The van der Waals surface area contributed by atoms with Gasteiger partial charge in [0, 0.05) is 44.8 Å². The van der Waals surface area contributed by atoms with Crippen molar-refractivity contribution in [2.45, 2.75) is 52.4 Å². The number of halogens is 3. The van der Waals surface area contributed by atoms with Gasteiger partial charge in [0.1, 0.15) is 11.5 Å². The molecule has 1 aliphatic rings. The molecule has 14 heteroatoms. The van der Waals surface area contributed by atoms with E-state index in [1.54, 1.807) is 24.3 Å². The number of carboxylic acids is 1. The fraction of sp³-hybridized carbons (Fsp3) is 0.389. The molecule has 5 rings (SSSR count). The maximum Gasteiger partial charge on any atom is 0.416 e. The lowest BCUT2D eigenvalue weighted by Gasteiger charge is -2.37. The Labute approximate surface area is 289 Å². The van der Waals surface area contributed by atoms with Crippen molar-refractivity contribution in [3.8, 4) is 17.5 Å². The van der Waals surface area contributed by atoms with Gasteiger partial charge in [-0.15, -0.1) is 0 Å². The predicted molar refractivity (Wildman–Crippen MR) is 183 cm³/mol. The Morgan fingerprint density at radius 3 is 2.14 bits per heavy atom. The highest BCUT2D eigenvalue weighted by molar-refractivity contribution is 5.76. The predicted octanol–water partition coefficient (Wildman–Crippen LogP) is 6.54. The highest BCUT2D eigenvalue weighted by Gasteiger charge is 2.30. The van der Waals surface area contributed by atoms with Crippen LogP contribution in [0.3, 0.4) is 0 Å². The lowest BCUT2D eigenvalue weighted by molar-refractivity contribution is -0.152. The zero-order valence-electron chi connectivity index (χ0n) is 28.5. The van der Waals surface area contributed by atoms with Crippen LogP contribution in [-0.2, 0) is 17.5 Å².